The number of hydrogen-bond acceptors (Lipinski definition) is 2. The van der Waals surface area contributed by atoms with Crippen LogP contribution in [0.5, 0.6) is 0 Å². The Morgan fingerprint density at radius 1 is 1.25 bits per heavy atom. The molecule has 1 amide bonds. The maximum atomic E-state index is 13.2. The summed E-state index contributed by atoms with van der Waals surface area (Å²) in [4.78, 5) is 20.0. The van der Waals surface area contributed by atoms with Crippen LogP contribution in [0.2, 0.25) is 5.02 Å². The van der Waals surface area contributed by atoms with E-state index in [9.17, 15) is 4.79 Å². The molecule has 2 aromatic carbocycles. The zero-order chi connectivity index (χ0) is 19.7. The zero-order valence-corrected chi connectivity index (χ0v) is 17.2. The van der Waals surface area contributed by atoms with Crippen molar-refractivity contribution >= 4 is 28.5 Å². The van der Waals surface area contributed by atoms with E-state index < -0.39 is 0 Å². The van der Waals surface area contributed by atoms with Crippen molar-refractivity contribution in [2.24, 2.45) is 5.92 Å². The molecular formula is C23H26ClN3O. The predicted molar refractivity (Wildman–Crippen MR) is 114 cm³/mol. The molecule has 1 fully saturated rings. The number of rotatable bonds is 7. The third-order valence-electron chi connectivity index (χ3n) is 5.31. The number of aromatic nitrogens is 2. The first-order valence-corrected chi connectivity index (χ1v) is 10.4. The normalized spacial score (nSPS) is 13.8. The van der Waals surface area contributed by atoms with Gasteiger partial charge in [0.25, 0.3) is 5.91 Å². The molecule has 1 saturated carbocycles. The Hall–Kier alpha value is -2.33. The Morgan fingerprint density at radius 3 is 2.79 bits per heavy atom. The lowest BCUT2D eigenvalue weighted by molar-refractivity contribution is 0.0737. The van der Waals surface area contributed by atoms with Gasteiger partial charge in [0.05, 0.1) is 17.6 Å². The fourth-order valence-electron chi connectivity index (χ4n) is 3.68. The molecule has 1 aromatic heterocycles. The number of carbonyl (C=O) groups is 1. The molecule has 3 aromatic rings. The van der Waals surface area contributed by atoms with Crippen LogP contribution in [0.1, 0.15) is 47.9 Å². The summed E-state index contributed by atoms with van der Waals surface area (Å²) in [6.45, 7) is 6.29. The van der Waals surface area contributed by atoms with E-state index in [0.717, 1.165) is 46.0 Å². The maximum absolute atomic E-state index is 13.2. The standard InChI is InChI=1S/C23H26ClN3O/c1-3-11-26(23(28)18-6-4-5-16(2)12-18)15-22-25-20-10-9-19(24)13-21(20)27(22)14-17-7-8-17/h4-6,9-10,12-13,17H,3,7-8,11,14-15H2,1-2H3. The van der Waals surface area contributed by atoms with E-state index >= 15 is 0 Å². The lowest BCUT2D eigenvalue weighted by atomic mass is 10.1. The highest BCUT2D eigenvalue weighted by molar-refractivity contribution is 6.31. The molecule has 1 aliphatic carbocycles. The van der Waals surface area contributed by atoms with Crippen molar-refractivity contribution in [3.05, 3.63) is 64.4 Å². The molecule has 1 aliphatic rings. The monoisotopic (exact) mass is 395 g/mol. The molecule has 0 saturated heterocycles. The van der Waals surface area contributed by atoms with Gasteiger partial charge >= 0.3 is 0 Å². The minimum absolute atomic E-state index is 0.0635. The predicted octanol–water partition coefficient (Wildman–Crippen LogP) is 5.46. The van der Waals surface area contributed by atoms with Gasteiger partial charge in [-0.15, -0.1) is 0 Å². The third-order valence-corrected chi connectivity index (χ3v) is 5.54. The number of fused-ring (bicyclic) bond motifs is 1. The molecule has 0 atom stereocenters. The highest BCUT2D eigenvalue weighted by Crippen LogP contribution is 2.33. The van der Waals surface area contributed by atoms with Gasteiger partial charge in [-0.05, 0) is 62.4 Å². The Morgan fingerprint density at radius 2 is 2.07 bits per heavy atom. The quantitative estimate of drug-likeness (QED) is 0.532. The Balaban J connectivity index is 1.68. The van der Waals surface area contributed by atoms with Gasteiger partial charge in [-0.3, -0.25) is 4.79 Å². The van der Waals surface area contributed by atoms with Gasteiger partial charge in [0.15, 0.2) is 0 Å². The molecule has 146 valence electrons. The minimum Gasteiger partial charge on any atom is -0.331 e. The van der Waals surface area contributed by atoms with E-state index in [2.05, 4.69) is 11.5 Å². The van der Waals surface area contributed by atoms with Crippen molar-refractivity contribution < 1.29 is 4.79 Å². The average Bonchev–Trinajstić information content (AvgIpc) is 3.44. The Kier molecular flexibility index (Phi) is 5.40. The lowest BCUT2D eigenvalue weighted by Crippen LogP contribution is -2.32. The van der Waals surface area contributed by atoms with Gasteiger partial charge in [-0.2, -0.15) is 0 Å². The van der Waals surface area contributed by atoms with Crippen LogP contribution in [0.4, 0.5) is 0 Å². The average molecular weight is 396 g/mol. The number of aryl methyl sites for hydroxylation is 1. The highest BCUT2D eigenvalue weighted by atomic mass is 35.5. The van der Waals surface area contributed by atoms with Gasteiger partial charge in [0.1, 0.15) is 5.82 Å². The van der Waals surface area contributed by atoms with Crippen LogP contribution in [-0.4, -0.2) is 26.9 Å². The van der Waals surface area contributed by atoms with E-state index in [0.29, 0.717) is 19.0 Å². The number of benzene rings is 2. The molecule has 5 heteroatoms. The summed E-state index contributed by atoms with van der Waals surface area (Å²) in [5.41, 5.74) is 3.84. The summed E-state index contributed by atoms with van der Waals surface area (Å²) in [6.07, 6.45) is 3.44. The molecule has 0 bridgehead atoms. The fraction of sp³-hybridized carbons (Fsp3) is 0.391. The first kappa shape index (κ1) is 19.0. The second kappa shape index (κ2) is 7.96. The lowest BCUT2D eigenvalue weighted by Gasteiger charge is -2.23. The van der Waals surface area contributed by atoms with Crippen molar-refractivity contribution in [2.45, 2.75) is 46.2 Å². The molecule has 4 nitrogen and oxygen atoms in total. The SMILES string of the molecule is CCCN(Cc1nc2ccc(Cl)cc2n1CC1CC1)C(=O)c1cccc(C)c1. The fourth-order valence-corrected chi connectivity index (χ4v) is 3.85. The smallest absolute Gasteiger partial charge is 0.254 e. The van der Waals surface area contributed by atoms with E-state index in [1.807, 2.05) is 54.3 Å². The summed E-state index contributed by atoms with van der Waals surface area (Å²) in [5, 5.41) is 0.720. The van der Waals surface area contributed by atoms with Crippen molar-refractivity contribution in [3.63, 3.8) is 0 Å². The second-order valence-electron chi connectivity index (χ2n) is 7.81. The van der Waals surface area contributed by atoms with E-state index in [1.54, 1.807) is 0 Å². The van der Waals surface area contributed by atoms with Crippen molar-refractivity contribution in [2.75, 3.05) is 6.54 Å². The summed E-state index contributed by atoms with van der Waals surface area (Å²) in [6, 6.07) is 13.6. The molecule has 0 aliphatic heterocycles. The van der Waals surface area contributed by atoms with Gasteiger partial charge in [0.2, 0.25) is 0 Å². The largest absolute Gasteiger partial charge is 0.331 e. The van der Waals surface area contributed by atoms with Crippen LogP contribution in [0, 0.1) is 12.8 Å². The number of amides is 1. The van der Waals surface area contributed by atoms with E-state index in [-0.39, 0.29) is 5.91 Å². The van der Waals surface area contributed by atoms with Crippen LogP contribution in [-0.2, 0) is 13.1 Å². The van der Waals surface area contributed by atoms with Crippen LogP contribution in [0.25, 0.3) is 11.0 Å². The van der Waals surface area contributed by atoms with Crippen LogP contribution in [0.3, 0.4) is 0 Å². The number of imidazole rings is 1. The molecule has 0 unspecified atom stereocenters. The molecule has 0 N–H and O–H groups in total. The van der Waals surface area contributed by atoms with Crippen LogP contribution < -0.4 is 0 Å². The van der Waals surface area contributed by atoms with Gasteiger partial charge < -0.3 is 9.47 Å². The zero-order valence-electron chi connectivity index (χ0n) is 16.5. The van der Waals surface area contributed by atoms with Crippen molar-refractivity contribution in [3.8, 4) is 0 Å². The molecule has 0 radical (unpaired) electrons. The second-order valence-corrected chi connectivity index (χ2v) is 8.25. The van der Waals surface area contributed by atoms with Crippen molar-refractivity contribution in [1.29, 1.82) is 0 Å². The summed E-state index contributed by atoms with van der Waals surface area (Å²) >= 11 is 6.25. The van der Waals surface area contributed by atoms with Gasteiger partial charge in [0, 0.05) is 23.7 Å². The van der Waals surface area contributed by atoms with Crippen LogP contribution >= 0.6 is 11.6 Å². The first-order chi connectivity index (χ1) is 13.5. The maximum Gasteiger partial charge on any atom is 0.254 e. The number of hydrogen-bond donors (Lipinski definition) is 0. The summed E-state index contributed by atoms with van der Waals surface area (Å²) in [5.74, 6) is 1.72. The van der Waals surface area contributed by atoms with Crippen LogP contribution in [0.15, 0.2) is 42.5 Å². The number of carbonyl (C=O) groups excluding carboxylic acids is 1. The Bertz CT molecular complexity index is 1010. The van der Waals surface area contributed by atoms with E-state index in [1.165, 1.54) is 12.8 Å². The van der Waals surface area contributed by atoms with Gasteiger partial charge in [-0.1, -0.05) is 36.2 Å². The summed E-state index contributed by atoms with van der Waals surface area (Å²) in [7, 11) is 0. The summed E-state index contributed by atoms with van der Waals surface area (Å²) < 4.78 is 2.27. The third kappa shape index (κ3) is 4.07. The van der Waals surface area contributed by atoms with Crippen molar-refractivity contribution in [1.82, 2.24) is 14.5 Å². The number of halogens is 1. The minimum atomic E-state index is 0.0635. The molecular weight excluding hydrogens is 370 g/mol. The van der Waals surface area contributed by atoms with Gasteiger partial charge in [-0.25, -0.2) is 4.98 Å². The van der Waals surface area contributed by atoms with E-state index in [4.69, 9.17) is 16.6 Å². The Labute approximate surface area is 171 Å². The highest BCUT2D eigenvalue weighted by Gasteiger charge is 2.26. The molecule has 0 spiro atoms. The number of nitrogens with zero attached hydrogens (tertiary/aromatic N) is 3. The topological polar surface area (TPSA) is 38.1 Å². The first-order valence-electron chi connectivity index (χ1n) is 10.1. The molecule has 1 heterocycles. The molecule has 4 rings (SSSR count). The molecule has 28 heavy (non-hydrogen) atoms.